The maximum absolute atomic E-state index is 11.8. The topological polar surface area (TPSA) is 105 Å². The number of carbonyl (C=O) groups excluding carboxylic acids is 1. The van der Waals surface area contributed by atoms with E-state index in [4.69, 9.17) is 10.8 Å². The van der Waals surface area contributed by atoms with E-state index < -0.39 is 24.0 Å². The average molecular weight is 279 g/mol. The van der Waals surface area contributed by atoms with Crippen molar-refractivity contribution in [3.05, 3.63) is 30.1 Å². The molecule has 0 aromatic carbocycles. The summed E-state index contributed by atoms with van der Waals surface area (Å²) < 4.78 is 0. The number of rotatable bonds is 8. The Kier molecular flexibility index (Phi) is 6.66. The van der Waals surface area contributed by atoms with Gasteiger partial charge in [-0.25, -0.2) is 4.79 Å². The number of nitrogens with one attached hydrogen (secondary N) is 1. The third kappa shape index (κ3) is 5.36. The van der Waals surface area contributed by atoms with Gasteiger partial charge in [0.25, 0.3) is 0 Å². The van der Waals surface area contributed by atoms with Crippen molar-refractivity contribution in [2.45, 2.75) is 44.7 Å². The molecule has 0 aliphatic carbocycles. The predicted octanol–water partition coefficient (Wildman–Crippen LogP) is 0.711. The van der Waals surface area contributed by atoms with Gasteiger partial charge in [0.05, 0.1) is 6.04 Å². The Balaban J connectivity index is 2.59. The maximum atomic E-state index is 11.8. The molecule has 1 amide bonds. The van der Waals surface area contributed by atoms with Crippen molar-refractivity contribution < 1.29 is 14.7 Å². The number of aliphatic carboxylic acids is 1. The summed E-state index contributed by atoms with van der Waals surface area (Å²) in [6.45, 7) is 2.01. The predicted molar refractivity (Wildman–Crippen MR) is 75.0 cm³/mol. The van der Waals surface area contributed by atoms with E-state index in [-0.39, 0.29) is 6.42 Å². The van der Waals surface area contributed by atoms with Gasteiger partial charge in [-0.3, -0.25) is 9.78 Å². The first-order valence-electron chi connectivity index (χ1n) is 6.72. The zero-order valence-electron chi connectivity index (χ0n) is 11.6. The van der Waals surface area contributed by atoms with Crippen LogP contribution < -0.4 is 11.1 Å². The molecular weight excluding hydrogens is 258 g/mol. The van der Waals surface area contributed by atoms with Gasteiger partial charge in [-0.05, 0) is 18.1 Å². The molecule has 6 nitrogen and oxygen atoms in total. The SMILES string of the molecule is CCCC[C@H](N)C(=O)N[C@@H](Cc1cccnc1)C(=O)O. The van der Waals surface area contributed by atoms with Crippen molar-refractivity contribution in [2.75, 3.05) is 0 Å². The maximum Gasteiger partial charge on any atom is 0.326 e. The van der Waals surface area contributed by atoms with Crippen LogP contribution in [-0.2, 0) is 16.0 Å². The van der Waals surface area contributed by atoms with Crippen molar-refractivity contribution in [3.63, 3.8) is 0 Å². The highest BCUT2D eigenvalue weighted by atomic mass is 16.4. The first-order chi connectivity index (χ1) is 9.54. The zero-order valence-corrected chi connectivity index (χ0v) is 11.6. The molecule has 20 heavy (non-hydrogen) atoms. The number of unbranched alkanes of at least 4 members (excludes halogenated alkanes) is 1. The fourth-order valence-corrected chi connectivity index (χ4v) is 1.79. The minimum atomic E-state index is -1.08. The molecule has 0 radical (unpaired) electrons. The molecule has 0 aliphatic rings. The second kappa shape index (κ2) is 8.27. The van der Waals surface area contributed by atoms with Crippen LogP contribution >= 0.6 is 0 Å². The Morgan fingerprint density at radius 3 is 2.80 bits per heavy atom. The number of carboxylic acid groups (broad SMARTS) is 1. The number of nitrogens with zero attached hydrogens (tertiary/aromatic N) is 1. The molecule has 1 heterocycles. The quantitative estimate of drug-likeness (QED) is 0.650. The lowest BCUT2D eigenvalue weighted by Crippen LogP contribution is -2.49. The van der Waals surface area contributed by atoms with Gasteiger partial charge in [0.15, 0.2) is 0 Å². The monoisotopic (exact) mass is 279 g/mol. The fraction of sp³-hybridized carbons (Fsp3) is 0.500. The second-order valence-corrected chi connectivity index (χ2v) is 4.71. The summed E-state index contributed by atoms with van der Waals surface area (Å²) >= 11 is 0. The van der Waals surface area contributed by atoms with E-state index in [0.717, 1.165) is 18.4 Å². The Hall–Kier alpha value is -1.95. The zero-order chi connectivity index (χ0) is 15.0. The summed E-state index contributed by atoms with van der Waals surface area (Å²) in [7, 11) is 0. The summed E-state index contributed by atoms with van der Waals surface area (Å²) in [4.78, 5) is 27.0. The molecule has 2 atom stereocenters. The first kappa shape index (κ1) is 16.1. The van der Waals surface area contributed by atoms with Crippen LogP contribution in [0.25, 0.3) is 0 Å². The Morgan fingerprint density at radius 2 is 2.25 bits per heavy atom. The normalized spacial score (nSPS) is 13.5. The van der Waals surface area contributed by atoms with Gasteiger partial charge in [0.1, 0.15) is 6.04 Å². The van der Waals surface area contributed by atoms with Gasteiger partial charge in [0.2, 0.25) is 5.91 Å². The molecule has 1 rings (SSSR count). The van der Waals surface area contributed by atoms with Crippen LogP contribution in [0.5, 0.6) is 0 Å². The van der Waals surface area contributed by atoms with Gasteiger partial charge >= 0.3 is 5.97 Å². The van der Waals surface area contributed by atoms with Gasteiger partial charge < -0.3 is 16.2 Å². The summed E-state index contributed by atoms with van der Waals surface area (Å²) in [5, 5.41) is 11.6. The number of hydrogen-bond acceptors (Lipinski definition) is 4. The van der Waals surface area contributed by atoms with Gasteiger partial charge in [-0.1, -0.05) is 25.8 Å². The Bertz CT molecular complexity index is 437. The van der Waals surface area contributed by atoms with Crippen LogP contribution in [0.3, 0.4) is 0 Å². The third-order valence-electron chi connectivity index (χ3n) is 2.98. The van der Waals surface area contributed by atoms with Gasteiger partial charge in [0, 0.05) is 18.8 Å². The van der Waals surface area contributed by atoms with E-state index in [1.54, 1.807) is 24.5 Å². The largest absolute Gasteiger partial charge is 0.480 e. The molecule has 0 bridgehead atoms. The van der Waals surface area contributed by atoms with Crippen LogP contribution in [0.2, 0.25) is 0 Å². The lowest BCUT2D eigenvalue weighted by molar-refractivity contribution is -0.142. The number of carboxylic acids is 1. The number of carbonyl (C=O) groups is 2. The molecule has 0 spiro atoms. The summed E-state index contributed by atoms with van der Waals surface area (Å²) in [6.07, 6.45) is 5.72. The van der Waals surface area contributed by atoms with Gasteiger partial charge in [-0.2, -0.15) is 0 Å². The average Bonchev–Trinajstić information content (AvgIpc) is 2.44. The summed E-state index contributed by atoms with van der Waals surface area (Å²) in [6, 6.07) is 1.85. The van der Waals surface area contributed by atoms with E-state index in [1.807, 2.05) is 6.92 Å². The summed E-state index contributed by atoms with van der Waals surface area (Å²) in [5.41, 5.74) is 6.48. The first-order valence-corrected chi connectivity index (χ1v) is 6.72. The van der Waals surface area contributed by atoms with Crippen LogP contribution in [0.1, 0.15) is 31.7 Å². The smallest absolute Gasteiger partial charge is 0.326 e. The highest BCUT2D eigenvalue weighted by molar-refractivity contribution is 5.86. The van der Waals surface area contributed by atoms with E-state index >= 15 is 0 Å². The third-order valence-corrected chi connectivity index (χ3v) is 2.98. The Labute approximate surface area is 118 Å². The van der Waals surface area contributed by atoms with Crippen LogP contribution in [0.4, 0.5) is 0 Å². The van der Waals surface area contributed by atoms with Crippen molar-refractivity contribution in [1.29, 1.82) is 0 Å². The molecule has 1 aromatic rings. The molecule has 0 saturated heterocycles. The molecule has 4 N–H and O–H groups in total. The van der Waals surface area contributed by atoms with Crippen molar-refractivity contribution in [2.24, 2.45) is 5.73 Å². The van der Waals surface area contributed by atoms with Crippen LogP contribution in [0, 0.1) is 0 Å². The molecule has 110 valence electrons. The number of amides is 1. The van der Waals surface area contributed by atoms with Crippen molar-refractivity contribution in [1.82, 2.24) is 10.3 Å². The minimum absolute atomic E-state index is 0.190. The van der Waals surface area contributed by atoms with E-state index in [9.17, 15) is 9.59 Å². The van der Waals surface area contributed by atoms with Crippen LogP contribution in [-0.4, -0.2) is 34.1 Å². The molecule has 6 heteroatoms. The standard InChI is InChI=1S/C14H21N3O3/c1-2-3-6-11(15)13(18)17-12(14(19)20)8-10-5-4-7-16-9-10/h4-5,7,9,11-12H,2-3,6,8,15H2,1H3,(H,17,18)(H,19,20)/t11-,12-/m0/s1. The number of aromatic nitrogens is 1. The molecular formula is C14H21N3O3. The van der Waals surface area contributed by atoms with Crippen molar-refractivity contribution >= 4 is 11.9 Å². The minimum Gasteiger partial charge on any atom is -0.480 e. The molecule has 0 fully saturated rings. The number of hydrogen-bond donors (Lipinski definition) is 3. The number of nitrogens with two attached hydrogens (primary N) is 1. The fourth-order valence-electron chi connectivity index (χ4n) is 1.79. The van der Waals surface area contributed by atoms with Crippen LogP contribution in [0.15, 0.2) is 24.5 Å². The van der Waals surface area contributed by atoms with Crippen molar-refractivity contribution in [3.8, 4) is 0 Å². The van der Waals surface area contributed by atoms with E-state index in [0.29, 0.717) is 6.42 Å². The molecule has 1 aromatic heterocycles. The Morgan fingerprint density at radius 1 is 1.50 bits per heavy atom. The lowest BCUT2D eigenvalue weighted by atomic mass is 10.1. The molecule has 0 aliphatic heterocycles. The van der Waals surface area contributed by atoms with E-state index in [2.05, 4.69) is 10.3 Å². The second-order valence-electron chi connectivity index (χ2n) is 4.71. The highest BCUT2D eigenvalue weighted by Gasteiger charge is 2.23. The van der Waals surface area contributed by atoms with Gasteiger partial charge in [-0.15, -0.1) is 0 Å². The lowest BCUT2D eigenvalue weighted by Gasteiger charge is -2.17. The summed E-state index contributed by atoms with van der Waals surface area (Å²) in [5.74, 6) is -1.50. The number of pyridine rings is 1. The van der Waals surface area contributed by atoms with E-state index in [1.165, 1.54) is 0 Å². The molecule has 0 unspecified atom stereocenters. The highest BCUT2D eigenvalue weighted by Crippen LogP contribution is 2.03. The molecule has 0 saturated carbocycles.